The maximum absolute atomic E-state index is 13.1. The fourth-order valence-corrected chi connectivity index (χ4v) is 13.4. The van der Waals surface area contributed by atoms with Gasteiger partial charge in [-0.1, -0.05) is 350 Å². The van der Waals surface area contributed by atoms with Crippen molar-refractivity contribution in [1.82, 2.24) is 0 Å². The van der Waals surface area contributed by atoms with E-state index < -0.39 is 97.5 Å². The van der Waals surface area contributed by atoms with E-state index >= 15 is 0 Å². The first-order valence-corrected chi connectivity index (χ1v) is 43.0. The molecule has 0 saturated heterocycles. The number of esters is 4. The third-order valence-electron chi connectivity index (χ3n) is 18.3. The minimum atomic E-state index is -4.96. The molecular weight excluding hydrogens is 1260 g/mol. The molecule has 17 nitrogen and oxygen atoms in total. The lowest BCUT2D eigenvalue weighted by Crippen LogP contribution is -2.30. The van der Waals surface area contributed by atoms with Crippen LogP contribution in [0.15, 0.2) is 0 Å². The number of aliphatic hydroxyl groups excluding tert-OH is 1. The summed E-state index contributed by atoms with van der Waals surface area (Å²) in [5.74, 6) is -0.600. The van der Waals surface area contributed by atoms with Crippen LogP contribution >= 0.6 is 15.6 Å². The van der Waals surface area contributed by atoms with Crippen molar-refractivity contribution in [3.05, 3.63) is 0 Å². The Bertz CT molecular complexity index is 1860. The van der Waals surface area contributed by atoms with E-state index in [4.69, 9.17) is 37.0 Å². The molecule has 0 aliphatic heterocycles. The van der Waals surface area contributed by atoms with Gasteiger partial charge in [0.15, 0.2) is 12.2 Å². The summed E-state index contributed by atoms with van der Waals surface area (Å²) in [5.41, 5.74) is 0. The molecule has 19 heteroatoms. The first-order chi connectivity index (χ1) is 46.4. The summed E-state index contributed by atoms with van der Waals surface area (Å²) in [4.78, 5) is 72.9. The van der Waals surface area contributed by atoms with Crippen LogP contribution in [0.5, 0.6) is 0 Å². The molecule has 0 bridgehead atoms. The first kappa shape index (κ1) is 94.1. The molecule has 0 fully saturated rings. The minimum absolute atomic E-state index is 0.105. The van der Waals surface area contributed by atoms with Gasteiger partial charge in [0.1, 0.15) is 19.3 Å². The molecule has 0 amide bonds. The van der Waals surface area contributed by atoms with Crippen LogP contribution in [0.3, 0.4) is 0 Å². The number of hydrogen-bond acceptors (Lipinski definition) is 15. The van der Waals surface area contributed by atoms with Crippen molar-refractivity contribution in [2.45, 2.75) is 419 Å². The summed E-state index contributed by atoms with van der Waals surface area (Å²) >= 11 is 0. The molecule has 6 atom stereocenters. The molecule has 0 saturated carbocycles. The highest BCUT2D eigenvalue weighted by Crippen LogP contribution is 2.45. The van der Waals surface area contributed by atoms with Gasteiger partial charge in [-0.05, 0) is 37.5 Å². The quantitative estimate of drug-likeness (QED) is 0.0222. The molecule has 0 aromatic rings. The van der Waals surface area contributed by atoms with Crippen molar-refractivity contribution in [2.75, 3.05) is 39.6 Å². The molecule has 0 radical (unpaired) electrons. The Hall–Kier alpha value is -1.94. The zero-order valence-corrected chi connectivity index (χ0v) is 64.5. The summed E-state index contributed by atoms with van der Waals surface area (Å²) < 4.78 is 68.6. The van der Waals surface area contributed by atoms with Crippen molar-refractivity contribution in [3.63, 3.8) is 0 Å². The van der Waals surface area contributed by atoms with Crippen molar-refractivity contribution < 1.29 is 80.2 Å². The molecule has 3 N–H and O–H groups in total. The minimum Gasteiger partial charge on any atom is -0.462 e. The number of unbranched alkanes of at least 4 members (excludes halogenated alkanes) is 45. The Balaban J connectivity index is 5.25. The van der Waals surface area contributed by atoms with Crippen LogP contribution in [0, 0.1) is 11.8 Å². The van der Waals surface area contributed by atoms with Crippen LogP contribution in [0.1, 0.15) is 401 Å². The van der Waals surface area contributed by atoms with E-state index in [0.717, 1.165) is 102 Å². The average molecular weight is 1410 g/mol. The number of rotatable bonds is 76. The SMILES string of the molecule is CCCCCCCCCCCCCCCCCCCCC(=O)O[C@H](COC(=O)CCCCCCCCCCCCCCCC)COP(=O)(O)OC[C@@H](O)COP(=O)(O)OC[C@@H](COC(=O)CCCCCCCCCCC(C)CC)OC(=O)CCCCCCCCCCCC(C)C. The van der Waals surface area contributed by atoms with Crippen LogP contribution in [0.2, 0.25) is 0 Å². The number of ether oxygens (including phenoxy) is 4. The van der Waals surface area contributed by atoms with Gasteiger partial charge in [0.2, 0.25) is 0 Å². The Labute approximate surface area is 588 Å². The van der Waals surface area contributed by atoms with Gasteiger partial charge in [-0.25, -0.2) is 9.13 Å². The smallest absolute Gasteiger partial charge is 0.462 e. The van der Waals surface area contributed by atoms with Gasteiger partial charge in [0.05, 0.1) is 26.4 Å². The third kappa shape index (κ3) is 69.2. The highest BCUT2D eigenvalue weighted by molar-refractivity contribution is 7.47. The van der Waals surface area contributed by atoms with Crippen LogP contribution in [-0.2, 0) is 65.4 Å². The Morgan fingerprint density at radius 2 is 0.531 bits per heavy atom. The maximum Gasteiger partial charge on any atom is 0.472 e. The summed E-state index contributed by atoms with van der Waals surface area (Å²) in [7, 11) is -9.91. The largest absolute Gasteiger partial charge is 0.472 e. The molecular formula is C77H150O17P2. The molecule has 0 heterocycles. The highest BCUT2D eigenvalue weighted by Gasteiger charge is 2.30. The van der Waals surface area contributed by atoms with E-state index in [1.54, 1.807) is 0 Å². The van der Waals surface area contributed by atoms with E-state index in [0.29, 0.717) is 25.7 Å². The Kier molecular flexibility index (Phi) is 67.4. The lowest BCUT2D eigenvalue weighted by Gasteiger charge is -2.21. The fraction of sp³-hybridized carbons (Fsp3) is 0.948. The molecule has 0 aliphatic carbocycles. The van der Waals surface area contributed by atoms with E-state index in [1.165, 1.54) is 218 Å². The predicted molar refractivity (Wildman–Crippen MR) is 391 cm³/mol. The van der Waals surface area contributed by atoms with Gasteiger partial charge in [-0.15, -0.1) is 0 Å². The summed E-state index contributed by atoms with van der Waals surface area (Å²) in [6.45, 7) is 9.59. The van der Waals surface area contributed by atoms with Crippen molar-refractivity contribution in [2.24, 2.45) is 11.8 Å². The monoisotopic (exact) mass is 1410 g/mol. The van der Waals surface area contributed by atoms with E-state index in [1.807, 2.05) is 0 Å². The Morgan fingerprint density at radius 1 is 0.302 bits per heavy atom. The normalized spacial score (nSPS) is 14.3. The molecule has 3 unspecified atom stereocenters. The molecule has 0 aliphatic rings. The average Bonchev–Trinajstić information content (AvgIpc) is 1.54. The summed E-state index contributed by atoms with van der Waals surface area (Å²) in [5, 5.41) is 10.6. The summed E-state index contributed by atoms with van der Waals surface area (Å²) in [6.07, 6.45) is 56.8. The molecule has 0 spiro atoms. The second-order valence-electron chi connectivity index (χ2n) is 28.5. The lowest BCUT2D eigenvalue weighted by atomic mass is 9.99. The second-order valence-corrected chi connectivity index (χ2v) is 31.4. The van der Waals surface area contributed by atoms with Crippen molar-refractivity contribution >= 4 is 39.5 Å². The van der Waals surface area contributed by atoms with E-state index in [9.17, 15) is 43.2 Å². The first-order valence-electron chi connectivity index (χ1n) is 40.0. The third-order valence-corrected chi connectivity index (χ3v) is 20.2. The standard InChI is InChI=1S/C77H150O17P2/c1-7-10-12-14-16-18-20-22-24-25-26-27-29-31-35-43-49-55-61-76(81)93-72(65-87-74(79)59-53-47-41-34-30-28-23-21-19-17-15-13-11-8-2)67-91-95(83,84)89-63-71(78)64-90-96(85,86)92-68-73(94-77(82)62-56-50-44-36-32-33-39-45-51-57-69(4)5)66-88-75(80)60-54-48-42-38-37-40-46-52-58-70(6)9-3/h69-73,78H,7-68H2,1-6H3,(H,83,84)(H,85,86)/t70?,71-,72-,73-/m1/s1. The summed E-state index contributed by atoms with van der Waals surface area (Å²) in [6, 6.07) is 0. The number of carbonyl (C=O) groups is 4. The van der Waals surface area contributed by atoms with Crippen molar-refractivity contribution in [3.8, 4) is 0 Å². The number of phosphoric ester groups is 2. The molecule has 96 heavy (non-hydrogen) atoms. The number of aliphatic hydroxyl groups is 1. The van der Waals surface area contributed by atoms with E-state index in [-0.39, 0.29) is 25.7 Å². The highest BCUT2D eigenvalue weighted by atomic mass is 31.2. The topological polar surface area (TPSA) is 237 Å². The fourth-order valence-electron chi connectivity index (χ4n) is 11.8. The zero-order valence-electron chi connectivity index (χ0n) is 62.7. The van der Waals surface area contributed by atoms with Gasteiger partial charge in [0.25, 0.3) is 0 Å². The van der Waals surface area contributed by atoms with Gasteiger partial charge in [0, 0.05) is 25.7 Å². The zero-order chi connectivity index (χ0) is 70.7. The number of hydrogen-bond donors (Lipinski definition) is 3. The lowest BCUT2D eigenvalue weighted by molar-refractivity contribution is -0.161. The Morgan fingerprint density at radius 3 is 0.792 bits per heavy atom. The number of carbonyl (C=O) groups excluding carboxylic acids is 4. The molecule has 0 aromatic carbocycles. The second kappa shape index (κ2) is 68.8. The van der Waals surface area contributed by atoms with Gasteiger partial charge >= 0.3 is 39.5 Å². The van der Waals surface area contributed by atoms with Gasteiger partial charge in [-0.3, -0.25) is 37.3 Å². The van der Waals surface area contributed by atoms with Gasteiger partial charge < -0.3 is 33.8 Å². The van der Waals surface area contributed by atoms with Crippen LogP contribution < -0.4 is 0 Å². The van der Waals surface area contributed by atoms with Gasteiger partial charge in [-0.2, -0.15) is 0 Å². The van der Waals surface area contributed by atoms with E-state index in [2.05, 4.69) is 41.5 Å². The molecule has 0 rings (SSSR count). The van der Waals surface area contributed by atoms with Crippen LogP contribution in [-0.4, -0.2) is 96.7 Å². The number of phosphoric acid groups is 2. The molecule has 570 valence electrons. The maximum atomic E-state index is 13.1. The van der Waals surface area contributed by atoms with Crippen LogP contribution in [0.4, 0.5) is 0 Å². The molecule has 0 aromatic heterocycles. The van der Waals surface area contributed by atoms with Crippen molar-refractivity contribution in [1.29, 1.82) is 0 Å². The van der Waals surface area contributed by atoms with Crippen LogP contribution in [0.25, 0.3) is 0 Å². The predicted octanol–water partition coefficient (Wildman–Crippen LogP) is 22.7.